The number of rotatable bonds is 10. The quantitative estimate of drug-likeness (QED) is 0.0858. The largest absolute Gasteiger partial charge is 0.512 e. The summed E-state index contributed by atoms with van der Waals surface area (Å²) in [5.74, 6) is -0.313. The molecule has 5 nitrogen and oxygen atoms in total. The molecule has 0 bridgehead atoms. The maximum atomic E-state index is 12.2. The molecule has 0 saturated carbocycles. The molecule has 0 aliphatic carbocycles. The van der Waals surface area contributed by atoms with Gasteiger partial charge in [-0.15, -0.1) is 17.5 Å². The van der Waals surface area contributed by atoms with Crippen molar-refractivity contribution < 1.29 is 47.9 Å². The Bertz CT molecular complexity index is 1930. The van der Waals surface area contributed by atoms with Crippen LogP contribution in [-0.2, 0) is 37.7 Å². The Hall–Kier alpha value is -3.73. The number of hydrogen-bond donors (Lipinski definition) is 1. The average molecular weight is 878 g/mol. The second kappa shape index (κ2) is 16.7. The molecule has 0 spiro atoms. The first-order valence-corrected chi connectivity index (χ1v) is 17.4. The zero-order chi connectivity index (χ0) is 37.0. The standard InChI is InChI=1S/C29H27N2O.C13H21F3O2.Ir/c1-28(2,3)16-23-21-9-7-6-8-19(21)14-22-26-25-20(10-11-31-26)12-18(15-29(4,5)17-30)13-24(25)32-27(22)23;1-4-9(5-2)11(17)7-12(18)10(6-3)8-13(14,15)16;/h6-13H,15-16H2,1-5H3;7,9-10,17H,4-6,8H2,1-3H3;/q-1;;/b;11-7-;. The molecule has 2 heterocycles. The van der Waals surface area contributed by atoms with Gasteiger partial charge >= 0.3 is 6.18 Å². The number of nitrogens with zero attached hydrogens (tertiary/aromatic N) is 2. The molecule has 1 radical (unpaired) electrons. The number of ketones is 1. The second-order valence-electron chi connectivity index (χ2n) is 15.1. The summed E-state index contributed by atoms with van der Waals surface area (Å²) in [6.07, 6.45) is 0.328. The molecule has 51 heavy (non-hydrogen) atoms. The van der Waals surface area contributed by atoms with Crippen LogP contribution in [0.2, 0.25) is 0 Å². The summed E-state index contributed by atoms with van der Waals surface area (Å²) in [4.78, 5) is 16.4. The molecule has 1 aliphatic rings. The van der Waals surface area contributed by atoms with Gasteiger partial charge < -0.3 is 9.84 Å². The molecule has 0 fully saturated rings. The number of nitriles is 1. The topological polar surface area (TPSA) is 83.2 Å². The van der Waals surface area contributed by atoms with Gasteiger partial charge in [-0.25, -0.2) is 0 Å². The van der Waals surface area contributed by atoms with Gasteiger partial charge in [0.1, 0.15) is 5.75 Å². The number of allylic oxidation sites excluding steroid dienone is 2. The number of halogens is 3. The predicted octanol–water partition coefficient (Wildman–Crippen LogP) is 12.1. The Balaban J connectivity index is 0.000000319. The van der Waals surface area contributed by atoms with Crippen LogP contribution >= 0.6 is 0 Å². The fraction of sp³-hybridized carbons (Fsp3) is 0.452. The van der Waals surface area contributed by atoms with Gasteiger partial charge in [0.15, 0.2) is 5.78 Å². The molecule has 4 aromatic rings. The van der Waals surface area contributed by atoms with Crippen LogP contribution in [0.3, 0.4) is 0 Å². The Kier molecular flexibility index (Phi) is 13.7. The van der Waals surface area contributed by atoms with Crippen LogP contribution in [0.25, 0.3) is 32.8 Å². The number of aromatic nitrogens is 1. The minimum Gasteiger partial charge on any atom is -0.512 e. The third kappa shape index (κ3) is 10.4. The SMILES string of the molecule is CC(C)(C)Cc1c2c([c-]c3ccccc13)-c1nccc3cc(CC(C)(C)C#N)cc(c13)O2.CCC(CC(F)(F)F)C(=O)/C=C(\O)C(CC)CC.[Ir]. The maximum absolute atomic E-state index is 12.2. The fourth-order valence-corrected chi connectivity index (χ4v) is 6.49. The Morgan fingerprint density at radius 3 is 2.24 bits per heavy atom. The number of alkyl halides is 3. The van der Waals surface area contributed by atoms with Crippen molar-refractivity contribution in [2.45, 2.75) is 100 Å². The zero-order valence-corrected chi connectivity index (χ0v) is 33.1. The van der Waals surface area contributed by atoms with Gasteiger partial charge in [0, 0.05) is 55.3 Å². The van der Waals surface area contributed by atoms with E-state index >= 15 is 0 Å². The Morgan fingerprint density at radius 1 is 1.00 bits per heavy atom. The van der Waals surface area contributed by atoms with E-state index in [1.54, 1.807) is 0 Å². The van der Waals surface area contributed by atoms with E-state index in [1.165, 1.54) is 17.9 Å². The first-order chi connectivity index (χ1) is 23.4. The molecule has 1 N–H and O–H groups in total. The number of benzene rings is 3. The van der Waals surface area contributed by atoms with Crippen LogP contribution in [0, 0.1) is 40.1 Å². The Labute approximate surface area is 313 Å². The van der Waals surface area contributed by atoms with Gasteiger partial charge in [-0.3, -0.25) is 9.78 Å². The van der Waals surface area contributed by atoms with Crippen molar-refractivity contribution in [1.82, 2.24) is 4.98 Å². The summed E-state index contributed by atoms with van der Waals surface area (Å²) in [6, 6.07) is 20.7. The van der Waals surface area contributed by atoms with Crippen molar-refractivity contribution in [3.63, 3.8) is 0 Å². The summed E-state index contributed by atoms with van der Waals surface area (Å²) >= 11 is 0. The molecule has 3 aromatic carbocycles. The Morgan fingerprint density at radius 2 is 1.65 bits per heavy atom. The van der Waals surface area contributed by atoms with Gasteiger partial charge in [-0.05, 0) is 74.4 Å². The van der Waals surface area contributed by atoms with Crippen molar-refractivity contribution in [1.29, 1.82) is 5.26 Å². The number of pyridine rings is 1. The zero-order valence-electron chi connectivity index (χ0n) is 30.7. The van der Waals surface area contributed by atoms with Crippen LogP contribution in [-0.4, -0.2) is 22.1 Å². The molecule has 5 rings (SSSR count). The molecule has 1 atom stereocenters. The number of carbonyl (C=O) groups excluding carboxylic acids is 1. The van der Waals surface area contributed by atoms with Crippen LogP contribution in [0.15, 0.2) is 60.5 Å². The second-order valence-corrected chi connectivity index (χ2v) is 15.1. The van der Waals surface area contributed by atoms with E-state index in [-0.39, 0.29) is 43.6 Å². The molecule has 1 aromatic heterocycles. The minimum atomic E-state index is -4.35. The van der Waals surface area contributed by atoms with Crippen molar-refractivity contribution in [3.8, 4) is 28.8 Å². The van der Waals surface area contributed by atoms with Gasteiger partial charge in [0.2, 0.25) is 0 Å². The number of fused-ring (bicyclic) bond motifs is 3. The third-order valence-corrected chi connectivity index (χ3v) is 9.07. The van der Waals surface area contributed by atoms with E-state index in [4.69, 9.17) is 9.72 Å². The molecule has 0 saturated heterocycles. The summed E-state index contributed by atoms with van der Waals surface area (Å²) in [6.45, 7) is 16.0. The average Bonchev–Trinajstić information content (AvgIpc) is 3.03. The van der Waals surface area contributed by atoms with Crippen molar-refractivity contribution in [2.75, 3.05) is 0 Å². The number of hydrogen-bond acceptors (Lipinski definition) is 5. The van der Waals surface area contributed by atoms with Crippen LogP contribution in [0.5, 0.6) is 11.5 Å². The van der Waals surface area contributed by atoms with Crippen molar-refractivity contribution in [2.24, 2.45) is 22.7 Å². The van der Waals surface area contributed by atoms with Gasteiger partial charge in [0.25, 0.3) is 0 Å². The van der Waals surface area contributed by atoms with Crippen LogP contribution in [0.4, 0.5) is 13.2 Å². The first-order valence-electron chi connectivity index (χ1n) is 17.4. The molecule has 275 valence electrons. The van der Waals surface area contributed by atoms with Gasteiger partial charge in [0.05, 0.1) is 29.4 Å². The number of carbonyl (C=O) groups is 1. The van der Waals surface area contributed by atoms with Crippen molar-refractivity contribution in [3.05, 3.63) is 77.7 Å². The number of ether oxygens (including phenoxy) is 1. The molecule has 1 aliphatic heterocycles. The first kappa shape index (κ1) is 41.7. The normalized spacial score (nSPS) is 13.4. The molecule has 1 unspecified atom stereocenters. The van der Waals surface area contributed by atoms with Gasteiger partial charge in [-0.1, -0.05) is 82.3 Å². The van der Waals surface area contributed by atoms with E-state index < -0.39 is 29.7 Å². The number of aliphatic hydroxyl groups is 1. The van der Waals surface area contributed by atoms with E-state index in [9.17, 15) is 28.3 Å². The molecular formula is C42H48F3IrN2O3-. The maximum Gasteiger partial charge on any atom is 0.389 e. The van der Waals surface area contributed by atoms with E-state index in [0.717, 1.165) is 57.0 Å². The minimum absolute atomic E-state index is 0. The summed E-state index contributed by atoms with van der Waals surface area (Å²) in [5.41, 5.74) is 3.82. The van der Waals surface area contributed by atoms with E-state index in [1.807, 2.05) is 40.0 Å². The van der Waals surface area contributed by atoms with Crippen LogP contribution < -0.4 is 4.74 Å². The van der Waals surface area contributed by atoms with Gasteiger partial charge in [-0.2, -0.15) is 18.4 Å². The predicted molar refractivity (Wildman–Crippen MR) is 194 cm³/mol. The molecular weight excluding hydrogens is 830 g/mol. The fourth-order valence-electron chi connectivity index (χ4n) is 6.49. The summed E-state index contributed by atoms with van der Waals surface area (Å²) in [5, 5.41) is 23.6. The van der Waals surface area contributed by atoms with Crippen LogP contribution in [0.1, 0.15) is 92.2 Å². The number of aliphatic hydroxyl groups excluding tert-OH is 1. The van der Waals surface area contributed by atoms with Crippen molar-refractivity contribution >= 4 is 27.3 Å². The summed E-state index contributed by atoms with van der Waals surface area (Å²) < 4.78 is 43.4. The third-order valence-electron chi connectivity index (χ3n) is 9.07. The van der Waals surface area contributed by atoms with E-state index in [0.29, 0.717) is 19.3 Å². The molecule has 0 amide bonds. The monoisotopic (exact) mass is 878 g/mol. The molecule has 9 heteroatoms. The summed E-state index contributed by atoms with van der Waals surface area (Å²) in [7, 11) is 0. The smallest absolute Gasteiger partial charge is 0.389 e. The van der Waals surface area contributed by atoms with E-state index in [2.05, 4.69) is 69.3 Å².